The van der Waals surface area contributed by atoms with E-state index >= 15 is 0 Å². The molecule has 0 saturated heterocycles. The molecule has 0 spiro atoms. The highest BCUT2D eigenvalue weighted by Crippen LogP contribution is 2.07. The Kier molecular flexibility index (Phi) is 3.93. The predicted molar refractivity (Wildman–Crippen MR) is 54.5 cm³/mol. The van der Waals surface area contributed by atoms with Gasteiger partial charge in [-0.3, -0.25) is 0 Å². The Hall–Kier alpha value is -0.860. The minimum atomic E-state index is 0.281. The van der Waals surface area contributed by atoms with Crippen LogP contribution in [0.5, 0.6) is 0 Å². The van der Waals surface area contributed by atoms with E-state index in [4.69, 9.17) is 10.5 Å². The first-order valence-electron chi connectivity index (χ1n) is 4.57. The van der Waals surface area contributed by atoms with Gasteiger partial charge < -0.3 is 10.5 Å². The molecule has 0 radical (unpaired) electrons. The van der Waals surface area contributed by atoms with Crippen LogP contribution in [0, 0.1) is 0 Å². The van der Waals surface area contributed by atoms with Gasteiger partial charge in [-0.25, -0.2) is 0 Å². The highest BCUT2D eigenvalue weighted by Gasteiger charge is 2.00. The number of hydrogen-bond donors (Lipinski definition) is 1. The van der Waals surface area contributed by atoms with Crippen molar-refractivity contribution in [1.82, 2.24) is 0 Å². The molecule has 0 aliphatic heterocycles. The second-order valence-corrected chi connectivity index (χ2v) is 3.27. The molecule has 2 nitrogen and oxygen atoms in total. The first kappa shape index (κ1) is 10.2. The van der Waals surface area contributed by atoms with Crippen LogP contribution in [0.15, 0.2) is 24.3 Å². The van der Waals surface area contributed by atoms with Crippen molar-refractivity contribution in [2.45, 2.75) is 26.0 Å². The minimum absolute atomic E-state index is 0.281. The van der Waals surface area contributed by atoms with Crippen molar-refractivity contribution in [3.8, 4) is 0 Å². The molecule has 1 aromatic carbocycles. The number of ether oxygens (including phenoxy) is 1. The smallest absolute Gasteiger partial charge is 0.0583 e. The first-order chi connectivity index (χ1) is 6.26. The monoisotopic (exact) mass is 179 g/mol. The maximum absolute atomic E-state index is 5.50. The van der Waals surface area contributed by atoms with Gasteiger partial charge in [0.2, 0.25) is 0 Å². The van der Waals surface area contributed by atoms with Gasteiger partial charge in [-0.1, -0.05) is 24.3 Å². The third-order valence-electron chi connectivity index (χ3n) is 2.18. The fraction of sp³-hybridized carbons (Fsp3) is 0.455. The summed E-state index contributed by atoms with van der Waals surface area (Å²) in [4.78, 5) is 0. The zero-order valence-corrected chi connectivity index (χ0v) is 8.29. The quantitative estimate of drug-likeness (QED) is 0.764. The van der Waals surface area contributed by atoms with Gasteiger partial charge in [-0.05, 0) is 24.5 Å². The lowest BCUT2D eigenvalue weighted by Gasteiger charge is -2.09. The molecule has 0 saturated carbocycles. The highest BCUT2D eigenvalue weighted by molar-refractivity contribution is 5.22. The lowest BCUT2D eigenvalue weighted by atomic mass is 10.1. The molecule has 0 amide bonds. The molecule has 1 atom stereocenters. The van der Waals surface area contributed by atoms with Crippen LogP contribution in [-0.4, -0.2) is 13.2 Å². The molecular formula is C11H17NO. The van der Waals surface area contributed by atoms with Crippen molar-refractivity contribution in [2.24, 2.45) is 5.73 Å². The summed E-state index contributed by atoms with van der Waals surface area (Å²) in [7, 11) is 1.74. The van der Waals surface area contributed by atoms with E-state index < -0.39 is 0 Å². The maximum Gasteiger partial charge on any atom is 0.0583 e. The Balaban J connectivity index is 2.58. The summed E-state index contributed by atoms with van der Waals surface area (Å²) >= 11 is 0. The maximum atomic E-state index is 5.50. The van der Waals surface area contributed by atoms with Crippen molar-refractivity contribution in [3.05, 3.63) is 35.4 Å². The van der Waals surface area contributed by atoms with E-state index in [0.717, 1.165) is 6.42 Å². The fourth-order valence-electron chi connectivity index (χ4n) is 1.23. The third-order valence-corrected chi connectivity index (χ3v) is 2.18. The van der Waals surface area contributed by atoms with Crippen LogP contribution in [0.3, 0.4) is 0 Å². The molecule has 72 valence electrons. The van der Waals surface area contributed by atoms with Crippen LogP contribution in [0.25, 0.3) is 0 Å². The summed E-state index contributed by atoms with van der Waals surface area (Å²) in [6.45, 7) is 2.68. The first-order valence-corrected chi connectivity index (χ1v) is 4.57. The standard InChI is InChI=1S/C11H17NO/c1-9(13-2)7-10-3-5-11(8-12)6-4-10/h3-6,9H,7-8,12H2,1-2H3. The third kappa shape index (κ3) is 3.17. The van der Waals surface area contributed by atoms with E-state index in [1.54, 1.807) is 7.11 Å². The van der Waals surface area contributed by atoms with Gasteiger partial charge in [0.15, 0.2) is 0 Å². The number of benzene rings is 1. The van der Waals surface area contributed by atoms with Crippen LogP contribution in [0.4, 0.5) is 0 Å². The zero-order valence-electron chi connectivity index (χ0n) is 8.29. The largest absolute Gasteiger partial charge is 0.381 e. The van der Waals surface area contributed by atoms with Gasteiger partial charge in [0.05, 0.1) is 6.10 Å². The highest BCUT2D eigenvalue weighted by atomic mass is 16.5. The van der Waals surface area contributed by atoms with Crippen LogP contribution < -0.4 is 5.73 Å². The van der Waals surface area contributed by atoms with E-state index in [0.29, 0.717) is 6.54 Å². The minimum Gasteiger partial charge on any atom is -0.381 e. The van der Waals surface area contributed by atoms with E-state index in [2.05, 4.69) is 31.2 Å². The molecule has 0 aliphatic rings. The van der Waals surface area contributed by atoms with Gasteiger partial charge in [0, 0.05) is 13.7 Å². The Morgan fingerprint density at radius 3 is 2.23 bits per heavy atom. The zero-order chi connectivity index (χ0) is 9.68. The molecule has 1 unspecified atom stereocenters. The fourth-order valence-corrected chi connectivity index (χ4v) is 1.23. The number of hydrogen-bond acceptors (Lipinski definition) is 2. The van der Waals surface area contributed by atoms with Gasteiger partial charge in [0.25, 0.3) is 0 Å². The van der Waals surface area contributed by atoms with Crippen molar-refractivity contribution in [3.63, 3.8) is 0 Å². The molecule has 1 aromatic rings. The average molecular weight is 179 g/mol. The Morgan fingerprint density at radius 2 is 1.77 bits per heavy atom. The summed E-state index contributed by atoms with van der Waals surface area (Å²) in [5.41, 5.74) is 7.98. The van der Waals surface area contributed by atoms with E-state index in [9.17, 15) is 0 Å². The van der Waals surface area contributed by atoms with Gasteiger partial charge in [-0.2, -0.15) is 0 Å². The SMILES string of the molecule is COC(C)Cc1ccc(CN)cc1. The predicted octanol–water partition coefficient (Wildman–Crippen LogP) is 1.72. The Labute approximate surface area is 79.7 Å². The van der Waals surface area contributed by atoms with Crippen molar-refractivity contribution >= 4 is 0 Å². The van der Waals surface area contributed by atoms with E-state index in [1.807, 2.05) is 0 Å². The Bertz CT molecular complexity index is 243. The molecule has 0 fully saturated rings. The molecule has 0 bridgehead atoms. The Morgan fingerprint density at radius 1 is 1.23 bits per heavy atom. The van der Waals surface area contributed by atoms with E-state index in [-0.39, 0.29) is 6.10 Å². The molecule has 2 N–H and O–H groups in total. The summed E-state index contributed by atoms with van der Waals surface area (Å²) in [6.07, 6.45) is 1.24. The van der Waals surface area contributed by atoms with Crippen LogP contribution >= 0.6 is 0 Å². The number of nitrogens with two attached hydrogens (primary N) is 1. The topological polar surface area (TPSA) is 35.2 Å². The second-order valence-electron chi connectivity index (χ2n) is 3.27. The molecule has 0 aliphatic carbocycles. The lowest BCUT2D eigenvalue weighted by Crippen LogP contribution is -2.08. The number of methoxy groups -OCH3 is 1. The lowest BCUT2D eigenvalue weighted by molar-refractivity contribution is 0.119. The molecule has 13 heavy (non-hydrogen) atoms. The van der Waals surface area contributed by atoms with Crippen LogP contribution in [-0.2, 0) is 17.7 Å². The normalized spacial score (nSPS) is 12.8. The second kappa shape index (κ2) is 5.00. The van der Waals surface area contributed by atoms with Crippen molar-refractivity contribution in [1.29, 1.82) is 0 Å². The van der Waals surface area contributed by atoms with Gasteiger partial charge in [0.1, 0.15) is 0 Å². The van der Waals surface area contributed by atoms with Gasteiger partial charge in [-0.15, -0.1) is 0 Å². The van der Waals surface area contributed by atoms with Crippen molar-refractivity contribution in [2.75, 3.05) is 7.11 Å². The summed E-state index contributed by atoms with van der Waals surface area (Å²) in [6, 6.07) is 8.35. The van der Waals surface area contributed by atoms with Crippen molar-refractivity contribution < 1.29 is 4.74 Å². The average Bonchev–Trinajstić information content (AvgIpc) is 2.19. The van der Waals surface area contributed by atoms with Crippen LogP contribution in [0.1, 0.15) is 18.1 Å². The summed E-state index contributed by atoms with van der Waals surface area (Å²) in [5.74, 6) is 0. The molecule has 0 heterocycles. The van der Waals surface area contributed by atoms with Crippen LogP contribution in [0.2, 0.25) is 0 Å². The molecule has 2 heteroatoms. The summed E-state index contributed by atoms with van der Waals surface area (Å²) in [5, 5.41) is 0. The molecule has 0 aromatic heterocycles. The summed E-state index contributed by atoms with van der Waals surface area (Å²) < 4.78 is 5.19. The van der Waals surface area contributed by atoms with E-state index in [1.165, 1.54) is 11.1 Å². The molecule has 1 rings (SSSR count). The molecular weight excluding hydrogens is 162 g/mol. The van der Waals surface area contributed by atoms with Gasteiger partial charge >= 0.3 is 0 Å². The number of rotatable bonds is 4.